The first-order valence-electron chi connectivity index (χ1n) is 6.72. The lowest BCUT2D eigenvalue weighted by Crippen LogP contribution is -2.11. The predicted octanol–water partition coefficient (Wildman–Crippen LogP) is 3.11. The van der Waals surface area contributed by atoms with Crippen molar-refractivity contribution in [3.63, 3.8) is 0 Å². The quantitative estimate of drug-likeness (QED) is 0.856. The number of aliphatic carboxylic acids is 1. The number of rotatable bonds is 5. The first-order chi connectivity index (χ1) is 10.1. The number of imidazole rings is 1. The number of halogens is 1. The highest BCUT2D eigenvalue weighted by Crippen LogP contribution is 2.30. The van der Waals surface area contributed by atoms with Gasteiger partial charge in [-0.25, -0.2) is 9.37 Å². The lowest BCUT2D eigenvalue weighted by atomic mass is 10.1. The minimum absolute atomic E-state index is 0.0651. The number of carboxylic acid groups (broad SMARTS) is 1. The van der Waals surface area contributed by atoms with Crippen molar-refractivity contribution in [1.82, 2.24) is 9.55 Å². The maximum absolute atomic E-state index is 13.9. The molecule has 1 aliphatic heterocycles. The Morgan fingerprint density at radius 1 is 1.57 bits per heavy atom. The molecule has 0 bridgehead atoms. The summed E-state index contributed by atoms with van der Waals surface area (Å²) in [6.07, 6.45) is 1.14. The van der Waals surface area contributed by atoms with Gasteiger partial charge in [0.2, 0.25) is 0 Å². The molecule has 1 unspecified atom stereocenters. The van der Waals surface area contributed by atoms with Crippen molar-refractivity contribution in [1.29, 1.82) is 0 Å². The van der Waals surface area contributed by atoms with Crippen LogP contribution in [0.4, 0.5) is 4.39 Å². The third-order valence-electron chi connectivity index (χ3n) is 3.48. The van der Waals surface area contributed by atoms with Gasteiger partial charge in [-0.2, -0.15) is 11.8 Å². The highest BCUT2D eigenvalue weighted by atomic mass is 32.2. The van der Waals surface area contributed by atoms with Crippen LogP contribution >= 0.6 is 23.5 Å². The van der Waals surface area contributed by atoms with Gasteiger partial charge in [-0.05, 0) is 36.0 Å². The zero-order valence-electron chi connectivity index (χ0n) is 11.3. The smallest absolute Gasteiger partial charge is 0.313 e. The molecular formula is C14H15FN2O2S2. The predicted molar refractivity (Wildman–Crippen MR) is 83.5 cm³/mol. The Hall–Kier alpha value is -1.21. The summed E-state index contributed by atoms with van der Waals surface area (Å²) in [4.78, 5) is 15.1. The first kappa shape index (κ1) is 14.7. The van der Waals surface area contributed by atoms with E-state index in [0.717, 1.165) is 41.7 Å². The molecule has 1 fully saturated rings. The van der Waals surface area contributed by atoms with E-state index in [4.69, 9.17) is 5.11 Å². The lowest BCUT2D eigenvalue weighted by Gasteiger charge is -2.13. The third kappa shape index (κ3) is 3.18. The SMILES string of the molecule is O=C(O)CSc1nc2c(F)cccc2n1CC1CCSC1. The summed E-state index contributed by atoms with van der Waals surface area (Å²) in [5, 5.41) is 9.44. The number of benzene rings is 1. The van der Waals surface area contributed by atoms with Gasteiger partial charge in [0.05, 0.1) is 11.3 Å². The van der Waals surface area contributed by atoms with Crippen LogP contribution in [0.3, 0.4) is 0 Å². The van der Waals surface area contributed by atoms with Crippen LogP contribution in [0.5, 0.6) is 0 Å². The molecule has 21 heavy (non-hydrogen) atoms. The van der Waals surface area contributed by atoms with E-state index < -0.39 is 5.97 Å². The Morgan fingerprint density at radius 3 is 3.14 bits per heavy atom. The van der Waals surface area contributed by atoms with Crippen molar-refractivity contribution in [2.45, 2.75) is 18.1 Å². The minimum atomic E-state index is -0.893. The van der Waals surface area contributed by atoms with Crippen molar-refractivity contribution < 1.29 is 14.3 Å². The first-order valence-corrected chi connectivity index (χ1v) is 8.86. The van der Waals surface area contributed by atoms with Crippen LogP contribution in [-0.4, -0.2) is 37.9 Å². The molecule has 1 N–H and O–H groups in total. The second kappa shape index (κ2) is 6.27. The second-order valence-electron chi connectivity index (χ2n) is 5.02. The summed E-state index contributed by atoms with van der Waals surface area (Å²) in [5.41, 5.74) is 1.08. The van der Waals surface area contributed by atoms with Gasteiger partial charge in [0, 0.05) is 6.54 Å². The van der Waals surface area contributed by atoms with Crippen LogP contribution in [0.25, 0.3) is 11.0 Å². The highest BCUT2D eigenvalue weighted by molar-refractivity contribution is 7.99. The molecule has 7 heteroatoms. The van der Waals surface area contributed by atoms with E-state index in [0.29, 0.717) is 16.6 Å². The monoisotopic (exact) mass is 326 g/mol. The van der Waals surface area contributed by atoms with Gasteiger partial charge in [-0.3, -0.25) is 4.79 Å². The number of thioether (sulfide) groups is 2. The van der Waals surface area contributed by atoms with Gasteiger partial charge in [0.1, 0.15) is 5.52 Å². The molecule has 112 valence electrons. The van der Waals surface area contributed by atoms with E-state index in [1.807, 2.05) is 22.4 Å². The number of aromatic nitrogens is 2. The summed E-state index contributed by atoms with van der Waals surface area (Å²) >= 11 is 3.08. The molecule has 1 aromatic heterocycles. The number of hydrogen-bond acceptors (Lipinski definition) is 4. The fraction of sp³-hybridized carbons (Fsp3) is 0.429. The maximum atomic E-state index is 13.9. The Balaban J connectivity index is 1.97. The van der Waals surface area contributed by atoms with Gasteiger partial charge >= 0.3 is 5.97 Å². The summed E-state index contributed by atoms with van der Waals surface area (Å²) in [5.74, 6) is 1.48. The van der Waals surface area contributed by atoms with Crippen LogP contribution in [-0.2, 0) is 11.3 Å². The summed E-state index contributed by atoms with van der Waals surface area (Å²) in [6, 6.07) is 4.90. The number of fused-ring (bicyclic) bond motifs is 1. The van der Waals surface area contributed by atoms with E-state index in [1.54, 1.807) is 6.07 Å². The highest BCUT2D eigenvalue weighted by Gasteiger charge is 2.21. The second-order valence-corrected chi connectivity index (χ2v) is 7.12. The number of para-hydroxylation sites is 1. The molecule has 2 aromatic rings. The van der Waals surface area contributed by atoms with Crippen molar-refractivity contribution in [3.05, 3.63) is 24.0 Å². The molecule has 1 aromatic carbocycles. The Kier molecular flexibility index (Phi) is 4.40. The normalized spacial score (nSPS) is 18.4. The molecule has 1 atom stereocenters. The van der Waals surface area contributed by atoms with Crippen LogP contribution < -0.4 is 0 Å². The van der Waals surface area contributed by atoms with Gasteiger partial charge in [0.25, 0.3) is 0 Å². The molecule has 1 saturated heterocycles. The molecule has 1 aliphatic rings. The summed E-state index contributed by atoms with van der Waals surface area (Å²) < 4.78 is 15.9. The van der Waals surface area contributed by atoms with Gasteiger partial charge in [0.15, 0.2) is 11.0 Å². The maximum Gasteiger partial charge on any atom is 0.313 e. The van der Waals surface area contributed by atoms with Crippen LogP contribution in [0, 0.1) is 11.7 Å². The fourth-order valence-corrected chi connectivity index (χ4v) is 4.50. The minimum Gasteiger partial charge on any atom is -0.481 e. The van der Waals surface area contributed by atoms with Gasteiger partial charge in [-0.1, -0.05) is 17.8 Å². The Morgan fingerprint density at radius 2 is 2.43 bits per heavy atom. The topological polar surface area (TPSA) is 55.1 Å². The molecule has 0 radical (unpaired) electrons. The van der Waals surface area contributed by atoms with E-state index in [1.165, 1.54) is 6.07 Å². The van der Waals surface area contributed by atoms with Gasteiger partial charge in [-0.15, -0.1) is 0 Å². The van der Waals surface area contributed by atoms with Crippen molar-refractivity contribution in [2.75, 3.05) is 17.3 Å². The third-order valence-corrected chi connectivity index (χ3v) is 5.68. The molecular weight excluding hydrogens is 311 g/mol. The molecule has 0 saturated carbocycles. The number of carboxylic acids is 1. The van der Waals surface area contributed by atoms with Crippen molar-refractivity contribution in [2.24, 2.45) is 5.92 Å². The molecule has 0 amide bonds. The number of hydrogen-bond donors (Lipinski definition) is 1. The lowest BCUT2D eigenvalue weighted by molar-refractivity contribution is -0.133. The summed E-state index contributed by atoms with van der Waals surface area (Å²) in [7, 11) is 0. The largest absolute Gasteiger partial charge is 0.481 e. The number of nitrogens with zero attached hydrogens (tertiary/aromatic N) is 2. The van der Waals surface area contributed by atoms with Crippen molar-refractivity contribution >= 4 is 40.5 Å². The zero-order chi connectivity index (χ0) is 14.8. The average Bonchev–Trinajstić information content (AvgIpc) is 3.07. The summed E-state index contributed by atoms with van der Waals surface area (Å²) in [6.45, 7) is 0.773. The van der Waals surface area contributed by atoms with E-state index >= 15 is 0 Å². The standard InChI is InChI=1S/C14H15FN2O2S2/c15-10-2-1-3-11-13(10)16-14(21-8-12(18)19)17(11)6-9-4-5-20-7-9/h1-3,9H,4-8H2,(H,18,19). The zero-order valence-corrected chi connectivity index (χ0v) is 12.9. The van der Waals surface area contributed by atoms with E-state index in [2.05, 4.69) is 4.98 Å². The molecule has 0 aliphatic carbocycles. The van der Waals surface area contributed by atoms with Crippen LogP contribution in [0.15, 0.2) is 23.4 Å². The molecule has 2 heterocycles. The van der Waals surface area contributed by atoms with Gasteiger partial charge < -0.3 is 9.67 Å². The molecule has 0 spiro atoms. The van der Waals surface area contributed by atoms with E-state index in [9.17, 15) is 9.18 Å². The number of carbonyl (C=O) groups is 1. The van der Waals surface area contributed by atoms with Crippen LogP contribution in [0.1, 0.15) is 6.42 Å². The Bertz CT molecular complexity index is 668. The van der Waals surface area contributed by atoms with Crippen LogP contribution in [0.2, 0.25) is 0 Å². The molecule has 4 nitrogen and oxygen atoms in total. The average molecular weight is 326 g/mol. The van der Waals surface area contributed by atoms with E-state index in [-0.39, 0.29) is 11.6 Å². The molecule has 3 rings (SSSR count). The fourth-order valence-electron chi connectivity index (χ4n) is 2.49. The van der Waals surface area contributed by atoms with Crippen molar-refractivity contribution in [3.8, 4) is 0 Å². The Labute approximate surface area is 130 Å².